The molecular formula is C29H34ClN5O2. The highest BCUT2D eigenvalue weighted by Gasteiger charge is 2.21. The Morgan fingerprint density at radius 1 is 1.11 bits per heavy atom. The third-order valence-corrected chi connectivity index (χ3v) is 6.70. The summed E-state index contributed by atoms with van der Waals surface area (Å²) in [7, 11) is 0. The molecule has 2 aliphatic rings. The molecule has 7 nitrogen and oxygen atoms in total. The van der Waals surface area contributed by atoms with E-state index in [0.29, 0.717) is 52.5 Å². The first kappa shape index (κ1) is 26.4. The van der Waals surface area contributed by atoms with Gasteiger partial charge in [0.05, 0.1) is 18.0 Å². The topological polar surface area (TPSA) is 92.5 Å². The van der Waals surface area contributed by atoms with Crippen molar-refractivity contribution in [3.63, 3.8) is 0 Å². The molecule has 0 atom stereocenters. The summed E-state index contributed by atoms with van der Waals surface area (Å²) in [6, 6.07) is 9.46. The fourth-order valence-electron chi connectivity index (χ4n) is 4.29. The van der Waals surface area contributed by atoms with Gasteiger partial charge in [-0.3, -0.25) is 9.78 Å². The summed E-state index contributed by atoms with van der Waals surface area (Å²) in [6.07, 6.45) is 13.4. The van der Waals surface area contributed by atoms with Crippen LogP contribution in [0.25, 0.3) is 0 Å². The molecule has 1 aromatic heterocycles. The number of anilines is 4. The highest BCUT2D eigenvalue weighted by Crippen LogP contribution is 2.29. The fourth-order valence-corrected chi connectivity index (χ4v) is 4.44. The van der Waals surface area contributed by atoms with Crippen LogP contribution in [0.2, 0.25) is 0 Å². The van der Waals surface area contributed by atoms with Crippen LogP contribution in [0.3, 0.4) is 0 Å². The molecule has 8 heteroatoms. The molecule has 1 fully saturated rings. The van der Waals surface area contributed by atoms with E-state index >= 15 is 0 Å². The molecule has 2 heterocycles. The first-order valence-electron chi connectivity index (χ1n) is 12.5. The van der Waals surface area contributed by atoms with Crippen molar-refractivity contribution in [3.05, 3.63) is 89.1 Å². The van der Waals surface area contributed by atoms with Crippen LogP contribution < -0.4 is 21.3 Å². The summed E-state index contributed by atoms with van der Waals surface area (Å²) >= 11 is 6.05. The number of hydrogen-bond acceptors (Lipinski definition) is 6. The van der Waals surface area contributed by atoms with Gasteiger partial charge >= 0.3 is 0 Å². The second-order valence-corrected chi connectivity index (χ2v) is 9.95. The van der Waals surface area contributed by atoms with Crippen LogP contribution in [0, 0.1) is 5.92 Å². The molecule has 1 aliphatic carbocycles. The standard InChI is InChI=1S/C29H34ClN5O2/c1-20(2)29(37-19-21-12-16-35(17-13-21)25-10-14-32-15-11-25)34-27-18-24(31)8-9-26(27)33-28(36)22-4-3-5-23(30)7-6-22/h3,5-11,14-15,18,21,34H,4,12-13,16-17,19,31H2,1-2H3,(H,33,36). The zero-order valence-electron chi connectivity index (χ0n) is 21.3. The number of nitrogens with one attached hydrogen (secondary N) is 2. The van der Waals surface area contributed by atoms with Gasteiger partial charge in [0.15, 0.2) is 5.88 Å². The SMILES string of the molecule is CC(C)=C(Nc1cc(N)ccc1NC(=O)C1=CC=C(Cl)C=CC1)OCC1CCN(c2ccncc2)CC1. The fraction of sp³-hybridized carbons (Fsp3) is 0.310. The van der Waals surface area contributed by atoms with Crippen molar-refractivity contribution >= 4 is 40.3 Å². The molecule has 194 valence electrons. The summed E-state index contributed by atoms with van der Waals surface area (Å²) in [6.45, 7) is 6.60. The van der Waals surface area contributed by atoms with Gasteiger partial charge in [0, 0.05) is 47.5 Å². The zero-order chi connectivity index (χ0) is 26.2. The van der Waals surface area contributed by atoms with Gasteiger partial charge in [-0.05, 0) is 87.1 Å². The first-order valence-corrected chi connectivity index (χ1v) is 12.9. The highest BCUT2D eigenvalue weighted by atomic mass is 35.5. The summed E-state index contributed by atoms with van der Waals surface area (Å²) in [5.74, 6) is 0.939. The molecule has 1 amide bonds. The van der Waals surface area contributed by atoms with E-state index in [1.54, 1.807) is 36.4 Å². The van der Waals surface area contributed by atoms with Crippen molar-refractivity contribution < 1.29 is 9.53 Å². The monoisotopic (exact) mass is 519 g/mol. The number of carbonyl (C=O) groups excluding carboxylic acids is 1. The van der Waals surface area contributed by atoms with Crippen molar-refractivity contribution in [2.45, 2.75) is 33.1 Å². The van der Waals surface area contributed by atoms with Gasteiger partial charge in [-0.15, -0.1) is 0 Å². The Labute approximate surface area is 223 Å². The quantitative estimate of drug-likeness (QED) is 0.284. The average Bonchev–Trinajstić information content (AvgIpc) is 3.13. The van der Waals surface area contributed by atoms with E-state index in [2.05, 4.69) is 32.7 Å². The molecule has 0 spiro atoms. The predicted octanol–water partition coefficient (Wildman–Crippen LogP) is 6.21. The third-order valence-electron chi connectivity index (χ3n) is 6.45. The van der Waals surface area contributed by atoms with Crippen LogP contribution >= 0.6 is 11.6 Å². The highest BCUT2D eigenvalue weighted by molar-refractivity contribution is 6.31. The average molecular weight is 520 g/mol. The van der Waals surface area contributed by atoms with E-state index in [1.807, 2.05) is 32.3 Å². The molecule has 2 aromatic rings. The Balaban J connectivity index is 1.38. The number of allylic oxidation sites excluding steroid dienone is 6. The van der Waals surface area contributed by atoms with Gasteiger partial charge in [0.1, 0.15) is 0 Å². The minimum atomic E-state index is -0.194. The van der Waals surface area contributed by atoms with E-state index in [4.69, 9.17) is 22.1 Å². The maximum Gasteiger partial charge on any atom is 0.251 e. The number of benzene rings is 1. The molecule has 0 bridgehead atoms. The van der Waals surface area contributed by atoms with Crippen LogP contribution in [0.5, 0.6) is 0 Å². The lowest BCUT2D eigenvalue weighted by atomic mass is 9.97. The molecule has 4 N–H and O–H groups in total. The number of amides is 1. The number of nitrogen functional groups attached to an aromatic ring is 1. The minimum absolute atomic E-state index is 0.194. The van der Waals surface area contributed by atoms with Gasteiger partial charge in [-0.25, -0.2) is 0 Å². The smallest absolute Gasteiger partial charge is 0.251 e. The lowest BCUT2D eigenvalue weighted by molar-refractivity contribution is -0.112. The van der Waals surface area contributed by atoms with E-state index in [1.165, 1.54) is 5.69 Å². The third kappa shape index (κ3) is 7.40. The molecule has 1 saturated heterocycles. The molecule has 1 aromatic carbocycles. The molecule has 37 heavy (non-hydrogen) atoms. The Morgan fingerprint density at radius 2 is 1.86 bits per heavy atom. The molecule has 0 saturated carbocycles. The Kier molecular flexibility index (Phi) is 8.90. The zero-order valence-corrected chi connectivity index (χ0v) is 22.1. The summed E-state index contributed by atoms with van der Waals surface area (Å²) in [5, 5.41) is 6.96. The van der Waals surface area contributed by atoms with E-state index in [0.717, 1.165) is 31.5 Å². The van der Waals surface area contributed by atoms with Gasteiger partial charge < -0.3 is 26.0 Å². The number of halogens is 1. The van der Waals surface area contributed by atoms with Crippen molar-refractivity contribution in [1.29, 1.82) is 0 Å². The largest absolute Gasteiger partial charge is 0.479 e. The van der Waals surface area contributed by atoms with Crippen LogP contribution in [0.4, 0.5) is 22.7 Å². The van der Waals surface area contributed by atoms with E-state index in [-0.39, 0.29) is 5.91 Å². The number of ether oxygens (including phenoxy) is 1. The minimum Gasteiger partial charge on any atom is -0.479 e. The number of piperidine rings is 1. The summed E-state index contributed by atoms with van der Waals surface area (Å²) < 4.78 is 6.28. The lowest BCUT2D eigenvalue weighted by Crippen LogP contribution is -2.35. The van der Waals surface area contributed by atoms with Gasteiger partial charge in [0.2, 0.25) is 0 Å². The maximum atomic E-state index is 12.9. The van der Waals surface area contributed by atoms with Crippen molar-refractivity contribution in [2.24, 2.45) is 5.92 Å². The first-order chi connectivity index (χ1) is 17.9. The van der Waals surface area contributed by atoms with Crippen LogP contribution in [-0.2, 0) is 9.53 Å². The van der Waals surface area contributed by atoms with Gasteiger partial charge in [0.25, 0.3) is 5.91 Å². The number of hydrogen-bond donors (Lipinski definition) is 3. The van der Waals surface area contributed by atoms with Crippen LogP contribution in [0.1, 0.15) is 33.1 Å². The lowest BCUT2D eigenvalue weighted by Gasteiger charge is -2.33. The van der Waals surface area contributed by atoms with Crippen LogP contribution in [0.15, 0.2) is 89.1 Å². The summed E-state index contributed by atoms with van der Waals surface area (Å²) in [5.41, 5.74) is 10.8. The molecule has 1 aliphatic heterocycles. The van der Waals surface area contributed by atoms with Gasteiger partial charge in [-0.1, -0.05) is 23.8 Å². The number of pyridine rings is 1. The van der Waals surface area contributed by atoms with E-state index in [9.17, 15) is 4.79 Å². The Morgan fingerprint density at radius 3 is 2.59 bits per heavy atom. The predicted molar refractivity (Wildman–Crippen MR) is 152 cm³/mol. The van der Waals surface area contributed by atoms with E-state index < -0.39 is 0 Å². The number of carbonyl (C=O) groups is 1. The Hall–Kier alpha value is -3.71. The second-order valence-electron chi connectivity index (χ2n) is 9.51. The van der Waals surface area contributed by atoms with Crippen molar-refractivity contribution in [1.82, 2.24) is 4.98 Å². The molecule has 0 unspecified atom stereocenters. The normalized spacial score (nSPS) is 15.8. The Bertz CT molecular complexity index is 1220. The van der Waals surface area contributed by atoms with Crippen molar-refractivity contribution in [3.8, 4) is 0 Å². The number of nitrogens with zero attached hydrogens (tertiary/aromatic N) is 2. The van der Waals surface area contributed by atoms with Crippen LogP contribution in [-0.4, -0.2) is 30.6 Å². The van der Waals surface area contributed by atoms with Gasteiger partial charge in [-0.2, -0.15) is 0 Å². The molecular weight excluding hydrogens is 486 g/mol. The second kappa shape index (κ2) is 12.5. The van der Waals surface area contributed by atoms with Crippen molar-refractivity contribution in [2.75, 3.05) is 41.0 Å². The number of rotatable bonds is 8. The maximum absolute atomic E-state index is 12.9. The molecule has 4 rings (SSSR count). The number of nitrogens with two attached hydrogens (primary N) is 1. The number of aromatic nitrogens is 1. The molecule has 0 radical (unpaired) electrons. The summed E-state index contributed by atoms with van der Waals surface area (Å²) in [4.78, 5) is 19.5.